The lowest BCUT2D eigenvalue weighted by molar-refractivity contribution is -0.120. The molecule has 0 aliphatic heterocycles. The number of nitrogens with one attached hydrogen (secondary N) is 1. The number of halogens is 1. The maximum Gasteiger partial charge on any atom is 0.221 e. The van der Waals surface area contributed by atoms with Gasteiger partial charge in [0.05, 0.1) is 7.11 Å². The van der Waals surface area contributed by atoms with Crippen molar-refractivity contribution in [1.82, 2.24) is 10.2 Å². The number of hydrogen-bond donors (Lipinski definition) is 1. The third-order valence-electron chi connectivity index (χ3n) is 2.84. The standard InChI is InChI=1S/C15H23ClN2O3/c1-18(2)8-9-21-14-10-12(4-5-13(14)20-3)11-17-15(19)6-7-16/h4-5,10H,6-9,11H2,1-3H3,(H,17,19). The van der Waals surface area contributed by atoms with Crippen LogP contribution in [0, 0.1) is 0 Å². The molecule has 1 rings (SSSR count). The van der Waals surface area contributed by atoms with E-state index >= 15 is 0 Å². The maximum atomic E-state index is 11.4. The number of methoxy groups -OCH3 is 1. The maximum absolute atomic E-state index is 11.4. The number of amides is 1. The van der Waals surface area contributed by atoms with Crippen molar-refractivity contribution in [3.63, 3.8) is 0 Å². The molecule has 118 valence electrons. The zero-order chi connectivity index (χ0) is 15.7. The number of rotatable bonds is 9. The van der Waals surface area contributed by atoms with Crippen LogP contribution in [0.15, 0.2) is 18.2 Å². The molecular weight excluding hydrogens is 292 g/mol. The minimum absolute atomic E-state index is 0.0594. The normalized spacial score (nSPS) is 10.5. The van der Waals surface area contributed by atoms with Crippen LogP contribution in [0.2, 0.25) is 0 Å². The summed E-state index contributed by atoms with van der Waals surface area (Å²) in [5, 5.41) is 2.81. The van der Waals surface area contributed by atoms with E-state index in [-0.39, 0.29) is 5.91 Å². The fourth-order valence-corrected chi connectivity index (χ4v) is 1.83. The molecule has 0 heterocycles. The van der Waals surface area contributed by atoms with Gasteiger partial charge in [0, 0.05) is 25.4 Å². The molecule has 0 saturated carbocycles. The van der Waals surface area contributed by atoms with Crippen molar-refractivity contribution in [1.29, 1.82) is 0 Å². The van der Waals surface area contributed by atoms with Crippen LogP contribution < -0.4 is 14.8 Å². The van der Waals surface area contributed by atoms with Crippen molar-refractivity contribution < 1.29 is 14.3 Å². The van der Waals surface area contributed by atoms with E-state index in [1.54, 1.807) is 7.11 Å². The predicted molar refractivity (Wildman–Crippen MR) is 84.2 cm³/mol. The molecule has 1 aromatic carbocycles. The SMILES string of the molecule is COc1ccc(CNC(=O)CCCl)cc1OCCN(C)C. The molecule has 0 fully saturated rings. The molecule has 1 amide bonds. The second-order valence-electron chi connectivity index (χ2n) is 4.85. The first-order valence-electron chi connectivity index (χ1n) is 6.84. The van der Waals surface area contributed by atoms with E-state index < -0.39 is 0 Å². The third-order valence-corrected chi connectivity index (χ3v) is 3.02. The lowest BCUT2D eigenvalue weighted by atomic mass is 10.2. The first kappa shape index (κ1) is 17.6. The minimum atomic E-state index is -0.0594. The summed E-state index contributed by atoms with van der Waals surface area (Å²) in [5.74, 6) is 1.64. The van der Waals surface area contributed by atoms with Crippen LogP contribution in [0.1, 0.15) is 12.0 Å². The monoisotopic (exact) mass is 314 g/mol. The zero-order valence-electron chi connectivity index (χ0n) is 12.8. The van der Waals surface area contributed by atoms with Crippen molar-refractivity contribution in [3.8, 4) is 11.5 Å². The summed E-state index contributed by atoms with van der Waals surface area (Å²) in [6.07, 6.45) is 0.323. The Morgan fingerprint density at radius 1 is 1.33 bits per heavy atom. The third kappa shape index (κ3) is 6.69. The Bertz CT molecular complexity index is 453. The second kappa shape index (κ2) is 9.47. The molecule has 0 saturated heterocycles. The Morgan fingerprint density at radius 3 is 2.71 bits per heavy atom. The summed E-state index contributed by atoms with van der Waals surface area (Å²) in [6.45, 7) is 1.84. The van der Waals surface area contributed by atoms with E-state index in [0.29, 0.717) is 37.0 Å². The molecule has 0 bridgehead atoms. The van der Waals surface area contributed by atoms with Gasteiger partial charge in [0.15, 0.2) is 11.5 Å². The lowest BCUT2D eigenvalue weighted by Crippen LogP contribution is -2.23. The largest absolute Gasteiger partial charge is 0.493 e. The van der Waals surface area contributed by atoms with Gasteiger partial charge in [-0.15, -0.1) is 11.6 Å². The van der Waals surface area contributed by atoms with E-state index in [4.69, 9.17) is 21.1 Å². The number of carbonyl (C=O) groups excluding carboxylic acids is 1. The molecule has 0 atom stereocenters. The van der Waals surface area contributed by atoms with E-state index in [1.165, 1.54) is 0 Å². The number of carbonyl (C=O) groups is 1. The van der Waals surface area contributed by atoms with Crippen molar-refractivity contribution in [2.24, 2.45) is 0 Å². The van der Waals surface area contributed by atoms with Gasteiger partial charge in [-0.3, -0.25) is 4.79 Å². The molecule has 0 aromatic heterocycles. The average molecular weight is 315 g/mol. The van der Waals surface area contributed by atoms with E-state index in [9.17, 15) is 4.79 Å². The van der Waals surface area contributed by atoms with Crippen LogP contribution >= 0.6 is 11.6 Å². The fourth-order valence-electron chi connectivity index (χ4n) is 1.66. The number of ether oxygens (including phenoxy) is 2. The predicted octanol–water partition coefficient (Wildman–Crippen LogP) is 1.88. The molecule has 6 heteroatoms. The summed E-state index contributed by atoms with van der Waals surface area (Å²) in [5.41, 5.74) is 0.957. The van der Waals surface area contributed by atoms with Gasteiger partial charge in [-0.25, -0.2) is 0 Å². The fraction of sp³-hybridized carbons (Fsp3) is 0.533. The Labute approximate surface area is 131 Å². The van der Waals surface area contributed by atoms with Crippen molar-refractivity contribution >= 4 is 17.5 Å². The second-order valence-corrected chi connectivity index (χ2v) is 5.23. The minimum Gasteiger partial charge on any atom is -0.493 e. The molecule has 0 aliphatic carbocycles. The van der Waals surface area contributed by atoms with Crippen molar-refractivity contribution in [2.75, 3.05) is 40.2 Å². The summed E-state index contributed by atoms with van der Waals surface area (Å²) in [4.78, 5) is 13.5. The number of alkyl halides is 1. The molecule has 21 heavy (non-hydrogen) atoms. The first-order valence-corrected chi connectivity index (χ1v) is 7.37. The lowest BCUT2D eigenvalue weighted by Gasteiger charge is -2.14. The van der Waals surface area contributed by atoms with E-state index in [0.717, 1.165) is 12.1 Å². The number of nitrogens with zero attached hydrogens (tertiary/aromatic N) is 1. The van der Waals surface area contributed by atoms with Crippen LogP contribution in [0.5, 0.6) is 11.5 Å². The van der Waals surface area contributed by atoms with Crippen LogP contribution in [-0.2, 0) is 11.3 Å². The average Bonchev–Trinajstić information content (AvgIpc) is 2.45. The summed E-state index contributed by atoms with van der Waals surface area (Å²) in [6, 6.07) is 5.63. The van der Waals surface area contributed by atoms with Crippen LogP contribution in [-0.4, -0.2) is 51.0 Å². The van der Waals surface area contributed by atoms with Gasteiger partial charge in [0.25, 0.3) is 0 Å². The zero-order valence-corrected chi connectivity index (χ0v) is 13.6. The highest BCUT2D eigenvalue weighted by Gasteiger charge is 2.07. The summed E-state index contributed by atoms with van der Waals surface area (Å²) in [7, 11) is 5.59. The molecule has 5 nitrogen and oxygen atoms in total. The first-order chi connectivity index (χ1) is 10.1. The highest BCUT2D eigenvalue weighted by molar-refractivity contribution is 6.18. The number of likely N-dealkylation sites (N-methyl/N-ethyl adjacent to an activating group) is 1. The van der Waals surface area contributed by atoms with E-state index in [1.807, 2.05) is 37.2 Å². The Morgan fingerprint density at radius 2 is 2.10 bits per heavy atom. The van der Waals surface area contributed by atoms with Crippen molar-refractivity contribution in [2.45, 2.75) is 13.0 Å². The molecule has 1 aromatic rings. The number of benzene rings is 1. The molecule has 0 spiro atoms. The van der Waals surface area contributed by atoms with Gasteiger partial charge in [-0.05, 0) is 31.8 Å². The van der Waals surface area contributed by atoms with E-state index in [2.05, 4.69) is 5.32 Å². The van der Waals surface area contributed by atoms with Gasteiger partial charge in [0.1, 0.15) is 6.61 Å². The molecule has 0 unspecified atom stereocenters. The van der Waals surface area contributed by atoms with Gasteiger partial charge in [-0.2, -0.15) is 0 Å². The van der Waals surface area contributed by atoms with Crippen molar-refractivity contribution in [3.05, 3.63) is 23.8 Å². The van der Waals surface area contributed by atoms with Gasteiger partial charge in [0.2, 0.25) is 5.91 Å². The quantitative estimate of drug-likeness (QED) is 0.707. The topological polar surface area (TPSA) is 50.8 Å². The molecule has 1 N–H and O–H groups in total. The highest BCUT2D eigenvalue weighted by Crippen LogP contribution is 2.28. The van der Waals surface area contributed by atoms with Crippen LogP contribution in [0.3, 0.4) is 0 Å². The number of hydrogen-bond acceptors (Lipinski definition) is 4. The van der Waals surface area contributed by atoms with Crippen LogP contribution in [0.25, 0.3) is 0 Å². The van der Waals surface area contributed by atoms with Gasteiger partial charge in [-0.1, -0.05) is 6.07 Å². The Hall–Kier alpha value is -1.46. The smallest absolute Gasteiger partial charge is 0.221 e. The van der Waals surface area contributed by atoms with Gasteiger partial charge >= 0.3 is 0 Å². The Balaban J connectivity index is 2.63. The Kier molecular flexibility index (Phi) is 7.93. The molecule has 0 radical (unpaired) electrons. The summed E-state index contributed by atoms with van der Waals surface area (Å²) < 4.78 is 11.0. The van der Waals surface area contributed by atoms with Crippen LogP contribution in [0.4, 0.5) is 0 Å². The molecule has 0 aliphatic rings. The van der Waals surface area contributed by atoms with Gasteiger partial charge < -0.3 is 19.7 Å². The highest BCUT2D eigenvalue weighted by atomic mass is 35.5. The summed E-state index contributed by atoms with van der Waals surface area (Å²) >= 11 is 5.52. The molecular formula is C15H23ClN2O3.